The molecule has 0 unspecified atom stereocenters. The molecule has 0 aliphatic carbocycles. The molecule has 2 heterocycles. The summed E-state index contributed by atoms with van der Waals surface area (Å²) >= 11 is 0. The Kier molecular flexibility index (Phi) is 5.53. The first-order chi connectivity index (χ1) is 12.5. The maximum Gasteiger partial charge on any atom is 0.243 e. The molecule has 26 heavy (non-hydrogen) atoms. The number of carbonyl (C=O) groups excluding carboxylic acids is 1. The summed E-state index contributed by atoms with van der Waals surface area (Å²) in [4.78, 5) is 16.5. The SMILES string of the molecule is COc1ccc(S(=O)(=O)N2CCC(C(=O)Nc3cccnc3)CC2)cc1. The van der Waals surface area contributed by atoms with Crippen molar-refractivity contribution in [3.8, 4) is 5.75 Å². The molecule has 8 heteroatoms. The lowest BCUT2D eigenvalue weighted by molar-refractivity contribution is -0.120. The number of nitrogens with one attached hydrogen (secondary N) is 1. The van der Waals surface area contributed by atoms with E-state index in [9.17, 15) is 13.2 Å². The lowest BCUT2D eigenvalue weighted by Crippen LogP contribution is -2.41. The summed E-state index contributed by atoms with van der Waals surface area (Å²) in [6.45, 7) is 0.638. The first-order valence-corrected chi connectivity index (χ1v) is 9.80. The summed E-state index contributed by atoms with van der Waals surface area (Å²) in [6, 6.07) is 9.85. The number of ether oxygens (including phenoxy) is 1. The van der Waals surface area contributed by atoms with Crippen LogP contribution in [0.3, 0.4) is 0 Å². The zero-order valence-electron chi connectivity index (χ0n) is 14.5. The van der Waals surface area contributed by atoms with E-state index < -0.39 is 10.0 Å². The fourth-order valence-corrected chi connectivity index (χ4v) is 4.41. The van der Waals surface area contributed by atoms with Crippen molar-refractivity contribution in [1.29, 1.82) is 0 Å². The standard InChI is InChI=1S/C18H21N3O4S/c1-25-16-4-6-17(7-5-16)26(23,24)21-11-8-14(9-12-21)18(22)20-15-3-2-10-19-13-15/h2-7,10,13-14H,8-9,11-12H2,1H3,(H,20,22). The third-order valence-electron chi connectivity index (χ3n) is 4.45. The molecule has 1 aromatic heterocycles. The number of sulfonamides is 1. The quantitative estimate of drug-likeness (QED) is 0.865. The highest BCUT2D eigenvalue weighted by molar-refractivity contribution is 7.89. The molecular weight excluding hydrogens is 354 g/mol. The highest BCUT2D eigenvalue weighted by Crippen LogP contribution is 2.25. The molecule has 1 saturated heterocycles. The number of amides is 1. The number of nitrogens with zero attached hydrogens (tertiary/aromatic N) is 2. The first-order valence-electron chi connectivity index (χ1n) is 8.36. The van der Waals surface area contributed by atoms with Gasteiger partial charge in [-0.05, 0) is 49.2 Å². The Morgan fingerprint density at radius 3 is 2.46 bits per heavy atom. The minimum atomic E-state index is -3.56. The highest BCUT2D eigenvalue weighted by Gasteiger charge is 2.32. The molecule has 0 spiro atoms. The van der Waals surface area contributed by atoms with Crippen molar-refractivity contribution in [3.05, 3.63) is 48.8 Å². The number of rotatable bonds is 5. The zero-order valence-corrected chi connectivity index (χ0v) is 15.3. The minimum Gasteiger partial charge on any atom is -0.497 e. The van der Waals surface area contributed by atoms with Gasteiger partial charge in [-0.3, -0.25) is 9.78 Å². The number of hydrogen-bond acceptors (Lipinski definition) is 5. The van der Waals surface area contributed by atoms with Crippen LogP contribution in [0.5, 0.6) is 5.75 Å². The van der Waals surface area contributed by atoms with E-state index in [-0.39, 0.29) is 16.7 Å². The summed E-state index contributed by atoms with van der Waals surface area (Å²) in [6.07, 6.45) is 4.20. The van der Waals surface area contributed by atoms with E-state index in [0.29, 0.717) is 37.4 Å². The van der Waals surface area contributed by atoms with Crippen molar-refractivity contribution in [1.82, 2.24) is 9.29 Å². The Morgan fingerprint density at radius 2 is 1.88 bits per heavy atom. The zero-order chi connectivity index (χ0) is 18.6. The average Bonchev–Trinajstić information content (AvgIpc) is 2.69. The molecule has 1 aromatic carbocycles. The molecule has 1 aliphatic rings. The van der Waals surface area contributed by atoms with Crippen molar-refractivity contribution in [2.45, 2.75) is 17.7 Å². The molecule has 1 amide bonds. The van der Waals surface area contributed by atoms with Crippen LogP contribution in [0, 0.1) is 5.92 Å². The Morgan fingerprint density at radius 1 is 1.19 bits per heavy atom. The fourth-order valence-electron chi connectivity index (χ4n) is 2.94. The fraction of sp³-hybridized carbons (Fsp3) is 0.333. The number of pyridine rings is 1. The lowest BCUT2D eigenvalue weighted by Gasteiger charge is -2.30. The van der Waals surface area contributed by atoms with Gasteiger partial charge >= 0.3 is 0 Å². The number of carbonyl (C=O) groups is 1. The Labute approximate surface area is 153 Å². The normalized spacial score (nSPS) is 16.2. The van der Waals surface area contributed by atoms with Crippen molar-refractivity contribution < 1.29 is 17.9 Å². The molecule has 1 aliphatic heterocycles. The average molecular weight is 375 g/mol. The van der Waals surface area contributed by atoms with Crippen LogP contribution in [-0.4, -0.2) is 43.8 Å². The Balaban J connectivity index is 1.61. The van der Waals surface area contributed by atoms with Gasteiger partial charge in [0.05, 0.1) is 23.9 Å². The number of benzene rings is 1. The van der Waals surface area contributed by atoms with Gasteiger partial charge in [0.15, 0.2) is 0 Å². The van der Waals surface area contributed by atoms with Crippen LogP contribution < -0.4 is 10.1 Å². The summed E-state index contributed by atoms with van der Waals surface area (Å²) in [5.41, 5.74) is 0.644. The second-order valence-electron chi connectivity index (χ2n) is 6.08. The maximum atomic E-state index is 12.7. The van der Waals surface area contributed by atoms with Gasteiger partial charge in [-0.25, -0.2) is 8.42 Å². The Bertz CT molecular complexity index is 846. The Hall–Kier alpha value is -2.45. The summed E-state index contributed by atoms with van der Waals surface area (Å²) in [5, 5.41) is 2.83. The van der Waals surface area contributed by atoms with Gasteiger partial charge in [0.1, 0.15) is 5.75 Å². The second-order valence-corrected chi connectivity index (χ2v) is 8.02. The van der Waals surface area contributed by atoms with Crippen molar-refractivity contribution in [2.75, 3.05) is 25.5 Å². The largest absolute Gasteiger partial charge is 0.497 e. The van der Waals surface area contributed by atoms with Gasteiger partial charge in [0.2, 0.25) is 15.9 Å². The number of anilines is 1. The van der Waals surface area contributed by atoms with E-state index in [1.165, 1.54) is 23.5 Å². The van der Waals surface area contributed by atoms with Crippen LogP contribution in [-0.2, 0) is 14.8 Å². The predicted molar refractivity (Wildman–Crippen MR) is 97.3 cm³/mol. The second kappa shape index (κ2) is 7.84. The van der Waals surface area contributed by atoms with E-state index in [1.54, 1.807) is 36.7 Å². The number of piperidine rings is 1. The topological polar surface area (TPSA) is 88.6 Å². The highest BCUT2D eigenvalue weighted by atomic mass is 32.2. The van der Waals surface area contributed by atoms with Crippen LogP contribution in [0.15, 0.2) is 53.7 Å². The van der Waals surface area contributed by atoms with E-state index in [0.717, 1.165) is 0 Å². The molecule has 1 fully saturated rings. The van der Waals surface area contributed by atoms with Crippen LogP contribution in [0.2, 0.25) is 0 Å². The third kappa shape index (κ3) is 4.03. The van der Waals surface area contributed by atoms with Gasteiger partial charge in [0, 0.05) is 25.2 Å². The summed E-state index contributed by atoms with van der Waals surface area (Å²) < 4.78 is 32.0. The summed E-state index contributed by atoms with van der Waals surface area (Å²) in [7, 11) is -2.03. The van der Waals surface area contributed by atoms with Crippen LogP contribution >= 0.6 is 0 Å². The van der Waals surface area contributed by atoms with E-state index >= 15 is 0 Å². The van der Waals surface area contributed by atoms with E-state index in [1.807, 2.05) is 0 Å². The predicted octanol–water partition coefficient (Wildman–Crippen LogP) is 2.13. The van der Waals surface area contributed by atoms with Gasteiger partial charge in [-0.2, -0.15) is 4.31 Å². The first kappa shape index (κ1) is 18.3. The van der Waals surface area contributed by atoms with Crippen LogP contribution in [0.1, 0.15) is 12.8 Å². The van der Waals surface area contributed by atoms with Gasteiger partial charge < -0.3 is 10.1 Å². The summed E-state index contributed by atoms with van der Waals surface area (Å²) in [5.74, 6) is 0.298. The molecule has 0 saturated carbocycles. The van der Waals surface area contributed by atoms with Crippen LogP contribution in [0.25, 0.3) is 0 Å². The maximum absolute atomic E-state index is 12.7. The third-order valence-corrected chi connectivity index (χ3v) is 6.36. The molecule has 2 aromatic rings. The van der Waals surface area contributed by atoms with Crippen molar-refractivity contribution in [3.63, 3.8) is 0 Å². The van der Waals surface area contributed by atoms with E-state index in [4.69, 9.17) is 4.74 Å². The molecule has 0 bridgehead atoms. The minimum absolute atomic E-state index is 0.0977. The molecular formula is C18H21N3O4S. The van der Waals surface area contributed by atoms with Crippen LogP contribution in [0.4, 0.5) is 5.69 Å². The molecule has 0 radical (unpaired) electrons. The number of aromatic nitrogens is 1. The smallest absolute Gasteiger partial charge is 0.243 e. The molecule has 0 atom stereocenters. The van der Waals surface area contributed by atoms with Gasteiger partial charge in [0.25, 0.3) is 0 Å². The molecule has 7 nitrogen and oxygen atoms in total. The lowest BCUT2D eigenvalue weighted by atomic mass is 9.97. The van der Waals surface area contributed by atoms with E-state index in [2.05, 4.69) is 10.3 Å². The molecule has 138 valence electrons. The van der Waals surface area contributed by atoms with Gasteiger partial charge in [-0.1, -0.05) is 0 Å². The van der Waals surface area contributed by atoms with Gasteiger partial charge in [-0.15, -0.1) is 0 Å². The molecule has 1 N–H and O–H groups in total. The number of hydrogen-bond donors (Lipinski definition) is 1. The van der Waals surface area contributed by atoms with Crippen molar-refractivity contribution >= 4 is 21.6 Å². The molecule has 3 rings (SSSR count). The van der Waals surface area contributed by atoms with Crippen molar-refractivity contribution in [2.24, 2.45) is 5.92 Å². The number of methoxy groups -OCH3 is 1. The monoisotopic (exact) mass is 375 g/mol.